The summed E-state index contributed by atoms with van der Waals surface area (Å²) in [5, 5.41) is 0. The van der Waals surface area contributed by atoms with E-state index < -0.39 is 0 Å². The Morgan fingerprint density at radius 1 is 1.18 bits per heavy atom. The summed E-state index contributed by atoms with van der Waals surface area (Å²) in [5.41, 5.74) is 1.88. The molecule has 4 aliphatic rings. The van der Waals surface area contributed by atoms with Crippen molar-refractivity contribution < 1.29 is 9.47 Å². The SMILES string of the molecule is C#C[C@]12CCCC=C1[C@@]1(C)CCC3(OCCO3)[C@H](C)C1CC2. The zero-order valence-corrected chi connectivity index (χ0v) is 14.0. The van der Waals surface area contributed by atoms with Crippen molar-refractivity contribution in [1.82, 2.24) is 0 Å². The van der Waals surface area contributed by atoms with Crippen molar-refractivity contribution in [3.05, 3.63) is 11.6 Å². The summed E-state index contributed by atoms with van der Waals surface area (Å²) in [6.45, 7) is 6.33. The maximum atomic E-state index is 6.09. The molecule has 1 aliphatic heterocycles. The largest absolute Gasteiger partial charge is 0.347 e. The molecule has 2 heteroatoms. The summed E-state index contributed by atoms with van der Waals surface area (Å²) in [6.07, 6.45) is 16.7. The molecule has 0 amide bonds. The average Bonchev–Trinajstić information content (AvgIpc) is 3.02. The van der Waals surface area contributed by atoms with Crippen LogP contribution in [0.1, 0.15) is 58.8 Å². The maximum absolute atomic E-state index is 6.09. The fraction of sp³-hybridized carbons (Fsp3) is 0.800. The van der Waals surface area contributed by atoms with E-state index in [1.807, 2.05) is 0 Å². The van der Waals surface area contributed by atoms with Crippen LogP contribution >= 0.6 is 0 Å². The Hall–Kier alpha value is -0.780. The molecular formula is C20H28O2. The van der Waals surface area contributed by atoms with Crippen molar-refractivity contribution >= 4 is 0 Å². The summed E-state index contributed by atoms with van der Waals surface area (Å²) in [4.78, 5) is 0. The first-order valence-corrected chi connectivity index (χ1v) is 9.03. The Morgan fingerprint density at radius 3 is 2.68 bits per heavy atom. The highest BCUT2D eigenvalue weighted by molar-refractivity contribution is 5.37. The third-order valence-corrected chi connectivity index (χ3v) is 7.33. The number of allylic oxidation sites excluding steroid dienone is 2. The summed E-state index contributed by atoms with van der Waals surface area (Å²) < 4.78 is 12.2. The van der Waals surface area contributed by atoms with Crippen LogP contribution in [-0.2, 0) is 9.47 Å². The molecule has 0 aromatic carbocycles. The molecule has 0 aromatic rings. The van der Waals surface area contributed by atoms with Gasteiger partial charge in [0.1, 0.15) is 0 Å². The predicted molar refractivity (Wildman–Crippen MR) is 87.1 cm³/mol. The van der Waals surface area contributed by atoms with E-state index in [2.05, 4.69) is 25.8 Å². The number of rotatable bonds is 0. The highest BCUT2D eigenvalue weighted by atomic mass is 16.7. The van der Waals surface area contributed by atoms with Crippen molar-refractivity contribution in [2.24, 2.45) is 22.7 Å². The second-order valence-electron chi connectivity index (χ2n) is 8.10. The fourth-order valence-corrected chi connectivity index (χ4v) is 6.13. The van der Waals surface area contributed by atoms with Crippen molar-refractivity contribution in [2.45, 2.75) is 64.6 Å². The predicted octanol–water partition coefficient (Wildman–Crippen LogP) is 4.31. The minimum absolute atomic E-state index is 0.0467. The lowest BCUT2D eigenvalue weighted by Gasteiger charge is -2.60. The maximum Gasteiger partial charge on any atom is 0.171 e. The van der Waals surface area contributed by atoms with Gasteiger partial charge in [-0.25, -0.2) is 0 Å². The summed E-state index contributed by atoms with van der Waals surface area (Å²) in [7, 11) is 0. The topological polar surface area (TPSA) is 18.5 Å². The van der Waals surface area contributed by atoms with Crippen LogP contribution in [0.4, 0.5) is 0 Å². The van der Waals surface area contributed by atoms with Gasteiger partial charge in [0.25, 0.3) is 0 Å². The van der Waals surface area contributed by atoms with E-state index in [4.69, 9.17) is 15.9 Å². The van der Waals surface area contributed by atoms with Gasteiger partial charge in [-0.2, -0.15) is 0 Å². The van der Waals surface area contributed by atoms with Crippen molar-refractivity contribution in [1.29, 1.82) is 0 Å². The van der Waals surface area contributed by atoms with Gasteiger partial charge in [0, 0.05) is 12.3 Å². The average molecular weight is 300 g/mol. The Bertz CT molecular complexity index is 536. The van der Waals surface area contributed by atoms with Crippen molar-refractivity contribution in [2.75, 3.05) is 13.2 Å². The molecule has 1 spiro atoms. The first kappa shape index (κ1) is 14.8. The zero-order chi connectivity index (χ0) is 15.4. The van der Waals surface area contributed by atoms with Crippen molar-refractivity contribution in [3.8, 4) is 12.3 Å². The number of terminal acetylenes is 1. The van der Waals surface area contributed by atoms with E-state index >= 15 is 0 Å². The Morgan fingerprint density at radius 2 is 1.95 bits per heavy atom. The molecule has 0 radical (unpaired) electrons. The Balaban J connectivity index is 1.73. The lowest BCUT2D eigenvalue weighted by atomic mass is 9.46. The van der Waals surface area contributed by atoms with Gasteiger partial charge >= 0.3 is 0 Å². The summed E-state index contributed by atoms with van der Waals surface area (Å²) in [5.74, 6) is 3.99. The first-order chi connectivity index (χ1) is 10.6. The van der Waals surface area contributed by atoms with Gasteiger partial charge in [-0.3, -0.25) is 0 Å². The summed E-state index contributed by atoms with van der Waals surface area (Å²) in [6, 6.07) is 0. The van der Waals surface area contributed by atoms with E-state index in [0.717, 1.165) is 32.5 Å². The van der Waals surface area contributed by atoms with Crippen LogP contribution < -0.4 is 0 Å². The van der Waals surface area contributed by atoms with Crippen LogP contribution in [0.3, 0.4) is 0 Å². The molecule has 3 aliphatic carbocycles. The number of fused-ring (bicyclic) bond motifs is 3. The minimum Gasteiger partial charge on any atom is -0.347 e. The fourth-order valence-electron chi connectivity index (χ4n) is 6.13. The molecule has 0 aromatic heterocycles. The van der Waals surface area contributed by atoms with E-state index in [1.165, 1.54) is 25.7 Å². The van der Waals surface area contributed by atoms with Gasteiger partial charge in [0.2, 0.25) is 0 Å². The van der Waals surface area contributed by atoms with E-state index in [-0.39, 0.29) is 16.6 Å². The summed E-state index contributed by atoms with van der Waals surface area (Å²) >= 11 is 0. The second kappa shape index (κ2) is 4.86. The lowest BCUT2D eigenvalue weighted by Crippen LogP contribution is -2.56. The standard InChI is InChI=1S/C20H28O2/c1-4-19-9-6-5-7-17(19)18(3)11-12-20(21-13-14-22-20)15(2)16(18)8-10-19/h1,7,15-16H,5-6,8-14H2,2-3H3/t15-,16?,18+,19-/m1/s1. The molecule has 1 saturated heterocycles. The molecule has 1 heterocycles. The number of hydrogen-bond acceptors (Lipinski definition) is 2. The third kappa shape index (κ3) is 1.76. The normalized spacial score (nSPS) is 46.5. The third-order valence-electron chi connectivity index (χ3n) is 7.33. The zero-order valence-electron chi connectivity index (χ0n) is 14.0. The highest BCUT2D eigenvalue weighted by Gasteiger charge is 2.60. The van der Waals surface area contributed by atoms with Crippen LogP contribution in [0.15, 0.2) is 11.6 Å². The molecule has 0 N–H and O–H groups in total. The van der Waals surface area contributed by atoms with Gasteiger partial charge in [-0.05, 0) is 55.4 Å². The molecule has 1 unspecified atom stereocenters. The van der Waals surface area contributed by atoms with Crippen LogP contribution in [-0.4, -0.2) is 19.0 Å². The monoisotopic (exact) mass is 300 g/mol. The van der Waals surface area contributed by atoms with Crippen LogP contribution in [0.2, 0.25) is 0 Å². The van der Waals surface area contributed by atoms with E-state index in [1.54, 1.807) is 5.57 Å². The van der Waals surface area contributed by atoms with Crippen LogP contribution in [0.25, 0.3) is 0 Å². The molecule has 2 nitrogen and oxygen atoms in total. The smallest absolute Gasteiger partial charge is 0.171 e. The molecule has 2 saturated carbocycles. The molecule has 4 rings (SSSR count). The second-order valence-corrected chi connectivity index (χ2v) is 8.10. The van der Waals surface area contributed by atoms with Gasteiger partial charge in [-0.1, -0.05) is 25.8 Å². The van der Waals surface area contributed by atoms with Crippen molar-refractivity contribution in [3.63, 3.8) is 0 Å². The quantitative estimate of drug-likeness (QED) is 0.490. The van der Waals surface area contributed by atoms with E-state index in [9.17, 15) is 0 Å². The van der Waals surface area contributed by atoms with Crippen LogP contribution in [0, 0.1) is 35.0 Å². The van der Waals surface area contributed by atoms with E-state index in [0.29, 0.717) is 11.8 Å². The van der Waals surface area contributed by atoms with Gasteiger partial charge in [0.05, 0.1) is 18.6 Å². The lowest BCUT2D eigenvalue weighted by molar-refractivity contribution is -0.243. The van der Waals surface area contributed by atoms with Gasteiger partial charge in [0.15, 0.2) is 5.79 Å². The Kier molecular flexibility index (Phi) is 3.26. The Labute approximate surface area is 134 Å². The van der Waals surface area contributed by atoms with Crippen LogP contribution in [0.5, 0.6) is 0 Å². The minimum atomic E-state index is -0.310. The molecule has 0 bridgehead atoms. The molecule has 22 heavy (non-hydrogen) atoms. The van der Waals surface area contributed by atoms with Gasteiger partial charge < -0.3 is 9.47 Å². The molecule has 3 fully saturated rings. The molecule has 120 valence electrons. The highest BCUT2D eigenvalue weighted by Crippen LogP contribution is 2.65. The van der Waals surface area contributed by atoms with Gasteiger partial charge in [-0.15, -0.1) is 6.42 Å². The molecule has 4 atom stereocenters. The number of ether oxygens (including phenoxy) is 2. The molecular weight excluding hydrogens is 272 g/mol. The number of hydrogen-bond donors (Lipinski definition) is 0. The first-order valence-electron chi connectivity index (χ1n) is 9.03.